The van der Waals surface area contributed by atoms with Crippen molar-refractivity contribution in [2.24, 2.45) is 0 Å². The molecule has 24 heavy (non-hydrogen) atoms. The predicted octanol–water partition coefficient (Wildman–Crippen LogP) is -0.0529. The van der Waals surface area contributed by atoms with Gasteiger partial charge in [-0.1, -0.05) is 0 Å². The van der Waals surface area contributed by atoms with Crippen LogP contribution in [0.5, 0.6) is 0 Å². The van der Waals surface area contributed by atoms with Crippen molar-refractivity contribution in [3.8, 4) is 0 Å². The largest absolute Gasteiger partial charge is 0.476 e. The highest BCUT2D eigenvalue weighted by molar-refractivity contribution is 5.84. The average molecular weight is 338 g/mol. The van der Waals surface area contributed by atoms with Crippen molar-refractivity contribution in [1.82, 2.24) is 19.7 Å². The molecule has 0 radical (unpaired) electrons. The molecule has 0 aliphatic carbocycles. The molecule has 2 fully saturated rings. The summed E-state index contributed by atoms with van der Waals surface area (Å²) >= 11 is 0. The summed E-state index contributed by atoms with van der Waals surface area (Å²) in [4.78, 5) is 22.0. The van der Waals surface area contributed by atoms with E-state index in [9.17, 15) is 4.79 Å². The maximum atomic E-state index is 10.8. The first-order chi connectivity index (χ1) is 11.7. The number of nitrogens with zero attached hydrogens (tertiary/aromatic N) is 4. The first-order valence-electron chi connectivity index (χ1n) is 8.63. The molecule has 0 unspecified atom stereocenters. The Labute approximate surface area is 141 Å². The van der Waals surface area contributed by atoms with Gasteiger partial charge < -0.3 is 14.6 Å². The third kappa shape index (κ3) is 4.32. The number of carboxylic acid groups (broad SMARTS) is 1. The van der Waals surface area contributed by atoms with E-state index >= 15 is 0 Å². The number of aromatic nitrogens is 1. The van der Waals surface area contributed by atoms with Crippen LogP contribution in [-0.2, 0) is 6.54 Å². The van der Waals surface area contributed by atoms with Gasteiger partial charge in [-0.15, -0.1) is 0 Å². The fourth-order valence-electron chi connectivity index (χ4n) is 3.61. The van der Waals surface area contributed by atoms with Crippen molar-refractivity contribution in [2.75, 3.05) is 52.4 Å². The third-order valence-electron chi connectivity index (χ3n) is 5.03. The summed E-state index contributed by atoms with van der Waals surface area (Å²) in [6.45, 7) is 7.77. The fourth-order valence-corrected chi connectivity index (χ4v) is 3.61. The number of carbonyl (C=O) groups is 1. The Balaban J connectivity index is 1.42. The second-order valence-corrected chi connectivity index (χ2v) is 6.54. The maximum absolute atomic E-state index is 10.8. The van der Waals surface area contributed by atoms with Gasteiger partial charge in [-0.25, -0.2) is 9.78 Å². The lowest BCUT2D eigenvalue weighted by molar-refractivity contribution is 0.0500. The van der Waals surface area contributed by atoms with Crippen molar-refractivity contribution < 1.29 is 19.4 Å². The molecule has 2 aliphatic rings. The van der Waals surface area contributed by atoms with Crippen LogP contribution in [0, 0.1) is 0 Å². The molecule has 3 heterocycles. The molecule has 1 aromatic heterocycles. The zero-order valence-electron chi connectivity index (χ0n) is 13.9. The minimum Gasteiger partial charge on any atom is -0.476 e. The summed E-state index contributed by atoms with van der Waals surface area (Å²) in [5.74, 6) is -0.576. The molecule has 0 bridgehead atoms. The van der Waals surface area contributed by atoms with Crippen LogP contribution in [-0.4, -0.2) is 94.3 Å². The number of piperazine rings is 1. The van der Waals surface area contributed by atoms with Crippen molar-refractivity contribution >= 4 is 5.97 Å². The van der Waals surface area contributed by atoms with Gasteiger partial charge in [0.25, 0.3) is 0 Å². The van der Waals surface area contributed by atoms with Crippen LogP contribution >= 0.6 is 0 Å². The Bertz CT molecular complexity index is 534. The number of piperidine rings is 1. The lowest BCUT2D eigenvalue weighted by Crippen LogP contribution is -2.53. The Morgan fingerprint density at radius 1 is 1.17 bits per heavy atom. The zero-order chi connectivity index (χ0) is 16.9. The van der Waals surface area contributed by atoms with Gasteiger partial charge in [0.2, 0.25) is 5.89 Å². The molecular formula is C16H26N4O4. The highest BCUT2D eigenvalue weighted by Crippen LogP contribution is 2.19. The topological polar surface area (TPSA) is 93.3 Å². The van der Waals surface area contributed by atoms with Crippen LogP contribution < -0.4 is 0 Å². The number of carboxylic acids is 1. The molecule has 2 aliphatic heterocycles. The quantitative estimate of drug-likeness (QED) is 0.746. The SMILES string of the molecule is O=C(O)c1coc(CN2CCC(N3CCN(CCO)CC3)CC2)n1. The summed E-state index contributed by atoms with van der Waals surface area (Å²) < 4.78 is 5.24. The van der Waals surface area contributed by atoms with E-state index in [1.54, 1.807) is 0 Å². The number of oxazole rings is 1. The van der Waals surface area contributed by atoms with Crippen LogP contribution in [0.15, 0.2) is 10.7 Å². The molecule has 0 saturated carbocycles. The van der Waals surface area contributed by atoms with Crippen LogP contribution in [0.2, 0.25) is 0 Å². The summed E-state index contributed by atoms with van der Waals surface area (Å²) in [6.07, 6.45) is 3.44. The van der Waals surface area contributed by atoms with Crippen LogP contribution in [0.25, 0.3) is 0 Å². The molecule has 0 aromatic carbocycles. The number of likely N-dealkylation sites (tertiary alicyclic amines) is 1. The van der Waals surface area contributed by atoms with E-state index in [-0.39, 0.29) is 12.3 Å². The number of rotatable bonds is 6. The number of aliphatic hydroxyl groups is 1. The number of hydrogen-bond donors (Lipinski definition) is 2. The van der Waals surface area contributed by atoms with Gasteiger partial charge in [-0.05, 0) is 12.8 Å². The van der Waals surface area contributed by atoms with Crippen LogP contribution in [0.3, 0.4) is 0 Å². The molecule has 3 rings (SSSR count). The summed E-state index contributed by atoms with van der Waals surface area (Å²) in [7, 11) is 0. The Kier molecular flexibility index (Phi) is 5.83. The standard InChI is InChI=1S/C16H26N4O4/c21-10-9-18-5-7-20(8-6-18)13-1-3-19(4-2-13)11-15-17-14(12-24-15)16(22)23/h12-13,21H,1-11H2,(H,22,23). The number of β-amino-alcohol motifs (C(OH)–C–C–N with tert-alkyl or cyclic N) is 1. The highest BCUT2D eigenvalue weighted by atomic mass is 16.4. The fraction of sp³-hybridized carbons (Fsp3) is 0.750. The van der Waals surface area contributed by atoms with Crippen molar-refractivity contribution in [3.63, 3.8) is 0 Å². The van der Waals surface area contributed by atoms with Gasteiger partial charge >= 0.3 is 5.97 Å². The predicted molar refractivity (Wildman–Crippen MR) is 86.9 cm³/mol. The van der Waals surface area contributed by atoms with Gasteiger partial charge in [-0.3, -0.25) is 14.7 Å². The van der Waals surface area contributed by atoms with E-state index in [2.05, 4.69) is 19.7 Å². The number of aromatic carboxylic acids is 1. The van der Waals surface area contributed by atoms with E-state index in [0.717, 1.165) is 58.7 Å². The lowest BCUT2D eigenvalue weighted by Gasteiger charge is -2.42. The number of hydrogen-bond acceptors (Lipinski definition) is 7. The van der Waals surface area contributed by atoms with Crippen molar-refractivity contribution in [1.29, 1.82) is 0 Å². The van der Waals surface area contributed by atoms with Gasteiger partial charge in [0.05, 0.1) is 13.2 Å². The second kappa shape index (κ2) is 8.06. The first-order valence-corrected chi connectivity index (χ1v) is 8.63. The molecule has 134 valence electrons. The molecule has 0 atom stereocenters. The van der Waals surface area contributed by atoms with Gasteiger partial charge in [0, 0.05) is 51.9 Å². The molecule has 1 aromatic rings. The summed E-state index contributed by atoms with van der Waals surface area (Å²) in [5, 5.41) is 17.9. The third-order valence-corrected chi connectivity index (χ3v) is 5.03. The van der Waals surface area contributed by atoms with E-state index in [0.29, 0.717) is 18.5 Å². The monoisotopic (exact) mass is 338 g/mol. The maximum Gasteiger partial charge on any atom is 0.357 e. The molecule has 8 nitrogen and oxygen atoms in total. The molecule has 8 heteroatoms. The Hall–Kier alpha value is -1.48. The first kappa shape index (κ1) is 17.3. The normalized spacial score (nSPS) is 22.0. The minimum atomic E-state index is -1.05. The van der Waals surface area contributed by atoms with E-state index in [1.165, 1.54) is 6.26 Å². The van der Waals surface area contributed by atoms with Gasteiger partial charge in [0.1, 0.15) is 6.26 Å². The Morgan fingerprint density at radius 3 is 2.46 bits per heavy atom. The molecule has 2 saturated heterocycles. The van der Waals surface area contributed by atoms with Crippen molar-refractivity contribution in [2.45, 2.75) is 25.4 Å². The van der Waals surface area contributed by atoms with Gasteiger partial charge in [0.15, 0.2) is 5.69 Å². The second-order valence-electron chi connectivity index (χ2n) is 6.54. The smallest absolute Gasteiger partial charge is 0.357 e. The molecule has 0 spiro atoms. The number of aliphatic hydroxyl groups excluding tert-OH is 1. The van der Waals surface area contributed by atoms with Gasteiger partial charge in [-0.2, -0.15) is 0 Å². The highest BCUT2D eigenvalue weighted by Gasteiger charge is 2.27. The summed E-state index contributed by atoms with van der Waals surface area (Å²) in [5.41, 5.74) is -0.0272. The van der Waals surface area contributed by atoms with E-state index in [4.69, 9.17) is 14.6 Å². The average Bonchev–Trinajstić information content (AvgIpc) is 3.06. The van der Waals surface area contributed by atoms with Crippen LogP contribution in [0.4, 0.5) is 0 Å². The minimum absolute atomic E-state index is 0.0272. The molecule has 2 N–H and O–H groups in total. The summed E-state index contributed by atoms with van der Waals surface area (Å²) in [6, 6.07) is 0.622. The lowest BCUT2D eigenvalue weighted by atomic mass is 10.0. The van der Waals surface area contributed by atoms with Crippen molar-refractivity contribution in [3.05, 3.63) is 17.8 Å². The Morgan fingerprint density at radius 2 is 1.88 bits per heavy atom. The zero-order valence-corrected chi connectivity index (χ0v) is 13.9. The van der Waals surface area contributed by atoms with Crippen LogP contribution in [0.1, 0.15) is 29.2 Å². The molecule has 0 amide bonds. The van der Waals surface area contributed by atoms with E-state index < -0.39 is 5.97 Å². The molecular weight excluding hydrogens is 312 g/mol. The van der Waals surface area contributed by atoms with E-state index in [1.807, 2.05) is 0 Å².